The van der Waals surface area contributed by atoms with Crippen LogP contribution in [-0.4, -0.2) is 27.3 Å². The van der Waals surface area contributed by atoms with Crippen molar-refractivity contribution in [1.82, 2.24) is 14.9 Å². The van der Waals surface area contributed by atoms with Gasteiger partial charge in [0, 0.05) is 12.6 Å². The molecule has 1 amide bonds. The molecule has 0 spiro atoms. The number of ether oxygens (including phenoxy) is 1. The highest BCUT2D eigenvalue weighted by molar-refractivity contribution is 5.94. The maximum atomic E-state index is 12.3. The third kappa shape index (κ3) is 3.74. The Kier molecular flexibility index (Phi) is 5.02. The number of aromatic nitrogens is 2. The summed E-state index contributed by atoms with van der Waals surface area (Å²) in [5.74, 6) is 1.08. The van der Waals surface area contributed by atoms with E-state index in [1.54, 1.807) is 31.2 Å². The molecule has 1 heterocycles. The fourth-order valence-electron chi connectivity index (χ4n) is 2.69. The number of nitrogens with one attached hydrogen (secondary N) is 1. The molecular weight excluding hydrogens is 330 g/mol. The van der Waals surface area contributed by atoms with Gasteiger partial charge in [0.25, 0.3) is 5.91 Å². The van der Waals surface area contributed by atoms with Gasteiger partial charge in [-0.3, -0.25) is 9.59 Å². The van der Waals surface area contributed by atoms with Crippen LogP contribution in [0.25, 0.3) is 11.0 Å². The van der Waals surface area contributed by atoms with Gasteiger partial charge in [-0.25, -0.2) is 4.98 Å². The van der Waals surface area contributed by atoms with Gasteiger partial charge in [-0.05, 0) is 50.2 Å². The minimum Gasteiger partial charge on any atom is -0.481 e. The summed E-state index contributed by atoms with van der Waals surface area (Å²) in [4.78, 5) is 28.1. The van der Waals surface area contributed by atoms with E-state index < -0.39 is 6.10 Å². The number of fused-ring (bicyclic) bond motifs is 1. The van der Waals surface area contributed by atoms with Gasteiger partial charge in [0.1, 0.15) is 11.6 Å². The summed E-state index contributed by atoms with van der Waals surface area (Å²) in [6.45, 7) is 3.51. The predicted octanol–water partition coefficient (Wildman–Crippen LogP) is 2.86. The van der Waals surface area contributed by atoms with Crippen LogP contribution in [0.2, 0.25) is 0 Å². The number of hydrogen-bond acceptors (Lipinski definition) is 4. The zero-order chi connectivity index (χ0) is 18.7. The van der Waals surface area contributed by atoms with Crippen molar-refractivity contribution in [3.8, 4) is 5.75 Å². The molecule has 0 fully saturated rings. The van der Waals surface area contributed by atoms with Crippen molar-refractivity contribution in [2.24, 2.45) is 7.05 Å². The topological polar surface area (TPSA) is 73.2 Å². The molecule has 0 unspecified atom stereocenters. The number of para-hydroxylation sites is 2. The quantitative estimate of drug-likeness (QED) is 0.693. The summed E-state index contributed by atoms with van der Waals surface area (Å²) in [6, 6.07) is 14.6. The third-order valence-electron chi connectivity index (χ3n) is 4.24. The lowest BCUT2D eigenvalue weighted by Gasteiger charge is -2.15. The van der Waals surface area contributed by atoms with Gasteiger partial charge in [0.05, 0.1) is 17.6 Å². The van der Waals surface area contributed by atoms with Crippen LogP contribution in [0.15, 0.2) is 48.5 Å². The molecule has 26 heavy (non-hydrogen) atoms. The number of nitrogens with zero attached hydrogens (tertiary/aromatic N) is 2. The summed E-state index contributed by atoms with van der Waals surface area (Å²) in [6.07, 6.45) is -0.659. The zero-order valence-corrected chi connectivity index (χ0v) is 15.0. The first-order valence-corrected chi connectivity index (χ1v) is 8.41. The van der Waals surface area contributed by atoms with Crippen LogP contribution in [0.5, 0.6) is 5.75 Å². The largest absolute Gasteiger partial charge is 0.481 e. The van der Waals surface area contributed by atoms with Crippen LogP contribution < -0.4 is 10.1 Å². The number of benzene rings is 2. The van der Waals surface area contributed by atoms with Crippen LogP contribution in [0, 0.1) is 0 Å². The fourth-order valence-corrected chi connectivity index (χ4v) is 2.69. The smallest absolute Gasteiger partial charge is 0.261 e. The molecule has 134 valence electrons. The Bertz CT molecular complexity index is 945. The van der Waals surface area contributed by atoms with Crippen LogP contribution in [-0.2, 0) is 18.4 Å². The van der Waals surface area contributed by atoms with Crippen LogP contribution >= 0.6 is 0 Å². The first kappa shape index (κ1) is 17.7. The number of carbonyl (C=O) groups excluding carboxylic acids is 2. The molecule has 0 aliphatic carbocycles. The number of amides is 1. The minimum absolute atomic E-state index is 0.00945. The molecule has 0 saturated carbocycles. The zero-order valence-electron chi connectivity index (χ0n) is 15.0. The van der Waals surface area contributed by atoms with Crippen molar-refractivity contribution in [3.63, 3.8) is 0 Å². The van der Waals surface area contributed by atoms with Gasteiger partial charge in [-0.1, -0.05) is 12.1 Å². The average Bonchev–Trinajstić information content (AvgIpc) is 2.96. The minimum atomic E-state index is -0.659. The number of imidazole rings is 1. The highest BCUT2D eigenvalue weighted by Gasteiger charge is 2.16. The molecule has 6 nitrogen and oxygen atoms in total. The number of hydrogen-bond donors (Lipinski definition) is 1. The second-order valence-corrected chi connectivity index (χ2v) is 6.13. The van der Waals surface area contributed by atoms with Gasteiger partial charge in [0.2, 0.25) is 0 Å². The van der Waals surface area contributed by atoms with Gasteiger partial charge in [-0.2, -0.15) is 0 Å². The SMILES string of the molecule is CC(=O)c1ccc(O[C@@H](C)C(=O)NCc2nc3ccccc3n2C)cc1. The maximum absolute atomic E-state index is 12.3. The molecule has 1 aromatic heterocycles. The number of carbonyl (C=O) groups is 2. The molecule has 3 rings (SSSR count). The number of aryl methyl sites for hydroxylation is 1. The lowest BCUT2D eigenvalue weighted by atomic mass is 10.1. The van der Waals surface area contributed by atoms with Crippen LogP contribution in [0.1, 0.15) is 30.0 Å². The van der Waals surface area contributed by atoms with Crippen molar-refractivity contribution in [1.29, 1.82) is 0 Å². The van der Waals surface area contributed by atoms with Crippen molar-refractivity contribution < 1.29 is 14.3 Å². The van der Waals surface area contributed by atoms with E-state index in [1.807, 2.05) is 35.9 Å². The first-order valence-electron chi connectivity index (χ1n) is 8.41. The maximum Gasteiger partial charge on any atom is 0.261 e. The van der Waals surface area contributed by atoms with E-state index in [0.29, 0.717) is 17.9 Å². The number of ketones is 1. The summed E-state index contributed by atoms with van der Waals surface area (Å²) in [5.41, 5.74) is 2.53. The first-order chi connectivity index (χ1) is 12.5. The van der Waals surface area contributed by atoms with E-state index in [9.17, 15) is 9.59 Å². The number of rotatable bonds is 6. The fraction of sp³-hybridized carbons (Fsp3) is 0.250. The number of Topliss-reactive ketones (excluding diaryl/α,β-unsaturated/α-hetero) is 1. The molecule has 0 radical (unpaired) electrons. The molecule has 0 aliphatic heterocycles. The van der Waals surface area contributed by atoms with Gasteiger partial charge in [-0.15, -0.1) is 0 Å². The van der Waals surface area contributed by atoms with E-state index in [1.165, 1.54) is 6.92 Å². The monoisotopic (exact) mass is 351 g/mol. The Morgan fingerprint density at radius 2 is 1.85 bits per heavy atom. The standard InChI is InChI=1S/C20H21N3O3/c1-13(24)15-8-10-16(11-9-15)26-14(2)20(25)21-12-19-22-17-6-4-5-7-18(17)23(19)3/h4-11,14H,12H2,1-3H3,(H,21,25)/t14-/m0/s1. The Morgan fingerprint density at radius 1 is 1.15 bits per heavy atom. The predicted molar refractivity (Wildman–Crippen MR) is 99.1 cm³/mol. The van der Waals surface area contributed by atoms with Crippen LogP contribution in [0.3, 0.4) is 0 Å². The summed E-state index contributed by atoms with van der Waals surface area (Å²) >= 11 is 0. The van der Waals surface area contributed by atoms with Crippen molar-refractivity contribution >= 4 is 22.7 Å². The normalized spacial score (nSPS) is 12.0. The Hall–Kier alpha value is -3.15. The van der Waals surface area contributed by atoms with E-state index in [-0.39, 0.29) is 11.7 Å². The second-order valence-electron chi connectivity index (χ2n) is 6.13. The average molecular weight is 351 g/mol. The molecule has 0 bridgehead atoms. The van der Waals surface area contributed by atoms with Crippen molar-refractivity contribution in [3.05, 3.63) is 59.9 Å². The van der Waals surface area contributed by atoms with Gasteiger partial charge < -0.3 is 14.6 Å². The molecule has 1 N–H and O–H groups in total. The van der Waals surface area contributed by atoms with E-state index >= 15 is 0 Å². The summed E-state index contributed by atoms with van der Waals surface area (Å²) < 4.78 is 7.60. The van der Waals surface area contributed by atoms with E-state index in [2.05, 4.69) is 10.3 Å². The van der Waals surface area contributed by atoms with E-state index in [0.717, 1.165) is 16.9 Å². The van der Waals surface area contributed by atoms with Gasteiger partial charge >= 0.3 is 0 Å². The molecule has 0 aliphatic rings. The highest BCUT2D eigenvalue weighted by Crippen LogP contribution is 2.15. The lowest BCUT2D eigenvalue weighted by Crippen LogP contribution is -2.36. The van der Waals surface area contributed by atoms with E-state index in [4.69, 9.17) is 4.74 Å². The summed E-state index contributed by atoms with van der Waals surface area (Å²) in [7, 11) is 1.92. The molecule has 1 atom stereocenters. The molecular formula is C20H21N3O3. The summed E-state index contributed by atoms with van der Waals surface area (Å²) in [5, 5.41) is 2.85. The van der Waals surface area contributed by atoms with Crippen LogP contribution in [0.4, 0.5) is 0 Å². The Morgan fingerprint density at radius 3 is 2.50 bits per heavy atom. The molecule has 0 saturated heterocycles. The van der Waals surface area contributed by atoms with Gasteiger partial charge in [0.15, 0.2) is 11.9 Å². The Balaban J connectivity index is 1.60. The lowest BCUT2D eigenvalue weighted by molar-refractivity contribution is -0.127. The van der Waals surface area contributed by atoms with Crippen molar-refractivity contribution in [2.75, 3.05) is 0 Å². The second kappa shape index (κ2) is 7.39. The van der Waals surface area contributed by atoms with Crippen molar-refractivity contribution in [2.45, 2.75) is 26.5 Å². The molecule has 6 heteroatoms. The highest BCUT2D eigenvalue weighted by atomic mass is 16.5. The molecule has 3 aromatic rings. The Labute approximate surface area is 151 Å². The third-order valence-corrected chi connectivity index (χ3v) is 4.24. The molecule has 2 aromatic carbocycles.